The Morgan fingerprint density at radius 1 is 1.41 bits per heavy atom. The zero-order chi connectivity index (χ0) is 19.4. The van der Waals surface area contributed by atoms with Gasteiger partial charge in [-0.05, 0) is 43.1 Å². The number of nitrogens with zero attached hydrogens (tertiary/aromatic N) is 1. The first-order valence-corrected chi connectivity index (χ1v) is 9.91. The Labute approximate surface area is 169 Å². The number of methoxy groups -OCH3 is 1. The van der Waals surface area contributed by atoms with Crippen molar-refractivity contribution in [3.05, 3.63) is 34.9 Å². The van der Waals surface area contributed by atoms with Gasteiger partial charge >= 0.3 is 0 Å². The predicted molar refractivity (Wildman–Crippen MR) is 107 cm³/mol. The summed E-state index contributed by atoms with van der Waals surface area (Å²) >= 11 is 11.5. The molecule has 1 saturated carbocycles. The molecule has 1 aliphatic heterocycles. The lowest BCUT2D eigenvalue weighted by atomic mass is 9.76. The molecule has 0 spiro atoms. The Hall–Kier alpha value is -1.70. The minimum Gasteiger partial charge on any atom is -0.383 e. The summed E-state index contributed by atoms with van der Waals surface area (Å²) in [5.41, 5.74) is 0.891. The first-order chi connectivity index (χ1) is 13.0. The summed E-state index contributed by atoms with van der Waals surface area (Å²) in [5, 5.41) is 7.29. The van der Waals surface area contributed by atoms with E-state index in [9.17, 15) is 9.59 Å². The number of carbonyl (C=O) groups is 2. The fourth-order valence-corrected chi connectivity index (χ4v) is 4.30. The number of hydrogen-bond donors (Lipinski definition) is 2. The zero-order valence-electron chi connectivity index (χ0n) is 15.2. The van der Waals surface area contributed by atoms with E-state index in [-0.39, 0.29) is 29.7 Å². The molecule has 0 radical (unpaired) electrons. The van der Waals surface area contributed by atoms with Crippen LogP contribution in [0.2, 0.25) is 5.02 Å². The van der Waals surface area contributed by atoms with Gasteiger partial charge in [0, 0.05) is 30.6 Å². The molecule has 1 heterocycles. The molecule has 2 fully saturated rings. The maximum Gasteiger partial charge on any atom is 0.233 e. The van der Waals surface area contributed by atoms with E-state index in [1.165, 1.54) is 0 Å². The predicted octanol–water partition coefficient (Wildman–Crippen LogP) is 2.10. The highest BCUT2D eigenvalue weighted by atomic mass is 35.5. The van der Waals surface area contributed by atoms with Crippen LogP contribution in [0.1, 0.15) is 24.8 Å². The number of carbonyl (C=O) groups excluding carboxylic acids is 2. The van der Waals surface area contributed by atoms with Crippen molar-refractivity contribution in [1.29, 1.82) is 0 Å². The molecule has 2 amide bonds. The Kier molecular flexibility index (Phi) is 6.68. The van der Waals surface area contributed by atoms with Crippen LogP contribution in [0.5, 0.6) is 0 Å². The van der Waals surface area contributed by atoms with Gasteiger partial charge in [-0.15, -0.1) is 0 Å². The molecule has 6 nitrogen and oxygen atoms in total. The van der Waals surface area contributed by atoms with Gasteiger partial charge in [-0.25, -0.2) is 0 Å². The van der Waals surface area contributed by atoms with E-state index in [0.29, 0.717) is 49.1 Å². The number of rotatable bonds is 6. The highest BCUT2D eigenvalue weighted by Crippen LogP contribution is 2.33. The quantitative estimate of drug-likeness (QED) is 0.704. The lowest BCUT2D eigenvalue weighted by Gasteiger charge is -2.43. The van der Waals surface area contributed by atoms with Gasteiger partial charge in [0.1, 0.15) is 0 Å². The summed E-state index contributed by atoms with van der Waals surface area (Å²) < 4.78 is 5.05. The smallest absolute Gasteiger partial charge is 0.233 e. The van der Waals surface area contributed by atoms with Crippen molar-refractivity contribution in [3.63, 3.8) is 0 Å². The molecule has 3 atom stereocenters. The number of benzene rings is 1. The first-order valence-electron chi connectivity index (χ1n) is 9.13. The summed E-state index contributed by atoms with van der Waals surface area (Å²) in [6.07, 6.45) is 1.96. The normalized spacial score (nSPS) is 25.0. The summed E-state index contributed by atoms with van der Waals surface area (Å²) in [4.78, 5) is 26.9. The number of thiocarbonyl (C=S) groups is 1. The van der Waals surface area contributed by atoms with Gasteiger partial charge in [0.05, 0.1) is 19.1 Å². The first kappa shape index (κ1) is 20.0. The number of nitrogens with one attached hydrogen (secondary N) is 2. The van der Waals surface area contributed by atoms with Crippen LogP contribution in [0.4, 0.5) is 0 Å². The Morgan fingerprint density at radius 2 is 2.19 bits per heavy atom. The minimum absolute atomic E-state index is 0.00431. The maximum absolute atomic E-state index is 12.7. The average Bonchev–Trinajstić information content (AvgIpc) is 2.66. The third-order valence-electron chi connectivity index (χ3n) is 5.29. The van der Waals surface area contributed by atoms with E-state index in [2.05, 4.69) is 10.6 Å². The lowest BCUT2D eigenvalue weighted by molar-refractivity contribution is -0.138. The molecular formula is C19H24ClN3O3S. The van der Waals surface area contributed by atoms with E-state index < -0.39 is 0 Å². The number of fused-ring (bicyclic) bond motifs is 1. The zero-order valence-corrected chi connectivity index (χ0v) is 16.8. The molecule has 27 heavy (non-hydrogen) atoms. The molecule has 0 bridgehead atoms. The number of hydrogen-bond acceptors (Lipinski definition) is 4. The third kappa shape index (κ3) is 4.59. The summed E-state index contributed by atoms with van der Waals surface area (Å²) in [6.45, 7) is 1.29. The van der Waals surface area contributed by atoms with E-state index in [0.717, 1.165) is 5.56 Å². The molecule has 1 aliphatic carbocycles. The molecule has 0 aromatic heterocycles. The SMILES string of the molecule is COCCN1C(=O)C2CCC(C(=O)NCc3ccccc3Cl)CC2NC1=S. The molecule has 3 rings (SSSR count). The van der Waals surface area contributed by atoms with Crippen LogP contribution in [0.3, 0.4) is 0 Å². The Balaban J connectivity index is 1.56. The number of halogens is 1. The molecule has 1 saturated heterocycles. The van der Waals surface area contributed by atoms with E-state index in [1.807, 2.05) is 24.3 Å². The van der Waals surface area contributed by atoms with Crippen molar-refractivity contribution < 1.29 is 14.3 Å². The molecule has 3 unspecified atom stereocenters. The summed E-state index contributed by atoms with van der Waals surface area (Å²) in [7, 11) is 1.60. The highest BCUT2D eigenvalue weighted by molar-refractivity contribution is 7.80. The van der Waals surface area contributed by atoms with Crippen LogP contribution < -0.4 is 10.6 Å². The lowest BCUT2D eigenvalue weighted by Crippen LogP contribution is -2.62. The van der Waals surface area contributed by atoms with Gasteiger partial charge in [0.2, 0.25) is 11.8 Å². The van der Waals surface area contributed by atoms with Gasteiger partial charge in [-0.3, -0.25) is 14.5 Å². The van der Waals surface area contributed by atoms with Crippen molar-refractivity contribution in [2.24, 2.45) is 11.8 Å². The average molecular weight is 410 g/mol. The molecular weight excluding hydrogens is 386 g/mol. The second-order valence-corrected chi connectivity index (χ2v) is 7.76. The largest absolute Gasteiger partial charge is 0.383 e. The molecule has 1 aromatic rings. The van der Waals surface area contributed by atoms with Gasteiger partial charge in [0.25, 0.3) is 0 Å². The summed E-state index contributed by atoms with van der Waals surface area (Å²) in [6, 6.07) is 7.37. The van der Waals surface area contributed by atoms with Crippen molar-refractivity contribution in [2.75, 3.05) is 20.3 Å². The Morgan fingerprint density at radius 3 is 2.93 bits per heavy atom. The van der Waals surface area contributed by atoms with Gasteiger partial charge in [-0.1, -0.05) is 29.8 Å². The fourth-order valence-electron chi connectivity index (χ4n) is 3.76. The van der Waals surface area contributed by atoms with Crippen LogP contribution in [0, 0.1) is 11.8 Å². The molecule has 2 aliphatic rings. The van der Waals surface area contributed by atoms with Crippen LogP contribution in [0.15, 0.2) is 24.3 Å². The Bertz CT molecular complexity index is 730. The van der Waals surface area contributed by atoms with Crippen molar-refractivity contribution in [3.8, 4) is 0 Å². The van der Waals surface area contributed by atoms with Crippen molar-refractivity contribution in [2.45, 2.75) is 31.8 Å². The minimum atomic E-state index is -0.138. The monoisotopic (exact) mass is 409 g/mol. The number of ether oxygens (including phenoxy) is 1. The molecule has 2 N–H and O–H groups in total. The van der Waals surface area contributed by atoms with E-state index in [4.69, 9.17) is 28.6 Å². The fraction of sp³-hybridized carbons (Fsp3) is 0.526. The second-order valence-electron chi connectivity index (χ2n) is 6.96. The second kappa shape index (κ2) is 8.99. The molecule has 1 aromatic carbocycles. The topological polar surface area (TPSA) is 70.7 Å². The molecule has 146 valence electrons. The van der Waals surface area contributed by atoms with Crippen LogP contribution in [0.25, 0.3) is 0 Å². The van der Waals surface area contributed by atoms with Gasteiger partial charge < -0.3 is 15.4 Å². The summed E-state index contributed by atoms with van der Waals surface area (Å²) in [5.74, 6) is -0.241. The van der Waals surface area contributed by atoms with E-state index >= 15 is 0 Å². The van der Waals surface area contributed by atoms with Crippen LogP contribution in [-0.2, 0) is 20.9 Å². The van der Waals surface area contributed by atoms with Crippen LogP contribution >= 0.6 is 23.8 Å². The van der Waals surface area contributed by atoms with Crippen LogP contribution in [-0.4, -0.2) is 48.1 Å². The third-order valence-corrected chi connectivity index (χ3v) is 6.00. The standard InChI is InChI=1S/C19H24ClN3O3S/c1-26-9-8-23-18(25)14-7-6-12(10-16(14)22-19(23)27)17(24)21-11-13-4-2-3-5-15(13)20/h2-5,12,14,16H,6-11H2,1H3,(H,21,24)(H,22,27). The van der Waals surface area contributed by atoms with E-state index in [1.54, 1.807) is 12.0 Å². The van der Waals surface area contributed by atoms with Gasteiger partial charge in [0.15, 0.2) is 5.11 Å². The van der Waals surface area contributed by atoms with Gasteiger partial charge in [-0.2, -0.15) is 0 Å². The van der Waals surface area contributed by atoms with Crippen molar-refractivity contribution >= 4 is 40.7 Å². The van der Waals surface area contributed by atoms with Crippen molar-refractivity contribution in [1.82, 2.24) is 15.5 Å². The molecule has 8 heteroatoms. The number of amides is 2. The maximum atomic E-state index is 12.7. The highest BCUT2D eigenvalue weighted by Gasteiger charge is 2.43.